The summed E-state index contributed by atoms with van der Waals surface area (Å²) in [5, 5.41) is 11.7. The monoisotopic (exact) mass is 492 g/mol. The lowest BCUT2D eigenvalue weighted by molar-refractivity contribution is -0.160. The molecule has 8 heteroatoms. The van der Waals surface area contributed by atoms with E-state index in [9.17, 15) is 9.90 Å². The third-order valence-corrected chi connectivity index (χ3v) is 6.28. The number of hydrogen-bond donors (Lipinski definition) is 1. The van der Waals surface area contributed by atoms with Crippen LogP contribution in [0.3, 0.4) is 0 Å². The number of rotatable bonds is 6. The summed E-state index contributed by atoms with van der Waals surface area (Å²) in [5.74, 6) is -1.06. The lowest BCUT2D eigenvalue weighted by atomic mass is 9.91. The molecule has 1 aromatic carbocycles. The summed E-state index contributed by atoms with van der Waals surface area (Å²) in [4.78, 5) is 25.7. The highest BCUT2D eigenvalue weighted by atomic mass is 35.5. The second kappa shape index (κ2) is 9.40. The van der Waals surface area contributed by atoms with Crippen LogP contribution in [0.25, 0.3) is 22.2 Å². The zero-order chi connectivity index (χ0) is 25.5. The minimum absolute atomic E-state index is 0.545. The van der Waals surface area contributed by atoms with E-state index in [1.165, 1.54) is 6.33 Å². The molecule has 0 unspecified atom stereocenters. The Morgan fingerprint density at radius 3 is 2.31 bits per heavy atom. The third kappa shape index (κ3) is 4.92. The van der Waals surface area contributed by atoms with Crippen molar-refractivity contribution in [3.05, 3.63) is 76.1 Å². The van der Waals surface area contributed by atoms with Crippen molar-refractivity contribution < 1.29 is 14.6 Å². The van der Waals surface area contributed by atoms with E-state index in [0.29, 0.717) is 22.8 Å². The van der Waals surface area contributed by atoms with Crippen molar-refractivity contribution in [3.8, 4) is 11.1 Å². The van der Waals surface area contributed by atoms with Gasteiger partial charge in [-0.2, -0.15) is 0 Å². The smallest absolute Gasteiger partial charge is 0.337 e. The van der Waals surface area contributed by atoms with E-state index in [1.54, 1.807) is 12.4 Å². The molecule has 0 saturated heterocycles. The number of benzene rings is 1. The number of aryl methyl sites for hydroxylation is 2. The molecule has 0 bridgehead atoms. The van der Waals surface area contributed by atoms with Crippen molar-refractivity contribution >= 4 is 28.6 Å². The van der Waals surface area contributed by atoms with Gasteiger partial charge in [0.2, 0.25) is 0 Å². The van der Waals surface area contributed by atoms with E-state index in [2.05, 4.69) is 14.5 Å². The van der Waals surface area contributed by atoms with Crippen LogP contribution < -0.4 is 0 Å². The number of pyridine rings is 1. The molecule has 0 saturated carbocycles. The summed E-state index contributed by atoms with van der Waals surface area (Å²) >= 11 is 6.19. The molecule has 1 N–H and O–H groups in total. The summed E-state index contributed by atoms with van der Waals surface area (Å²) in [6, 6.07) is 7.44. The zero-order valence-electron chi connectivity index (χ0n) is 20.8. The van der Waals surface area contributed by atoms with Crippen molar-refractivity contribution in [2.45, 2.75) is 59.8 Å². The average Bonchev–Trinajstić information content (AvgIpc) is 3.02. The molecule has 4 rings (SSSR count). The number of hydrogen-bond acceptors (Lipinski definition) is 5. The Hall–Kier alpha value is -3.29. The molecule has 0 spiro atoms. The fourth-order valence-electron chi connectivity index (χ4n) is 4.41. The van der Waals surface area contributed by atoms with Gasteiger partial charge >= 0.3 is 5.97 Å². The zero-order valence-corrected chi connectivity index (χ0v) is 21.5. The lowest BCUT2D eigenvalue weighted by Crippen LogP contribution is -2.28. The summed E-state index contributed by atoms with van der Waals surface area (Å²) in [5.41, 5.74) is 5.90. The Bertz CT molecular complexity index is 1390. The van der Waals surface area contributed by atoms with Crippen LogP contribution >= 0.6 is 11.6 Å². The van der Waals surface area contributed by atoms with Gasteiger partial charge in [-0.25, -0.2) is 19.7 Å². The Labute approximate surface area is 209 Å². The van der Waals surface area contributed by atoms with Gasteiger partial charge in [0.15, 0.2) is 6.10 Å². The number of halogens is 1. The minimum Gasteiger partial charge on any atom is -0.479 e. The van der Waals surface area contributed by atoms with E-state index in [-0.39, 0.29) is 0 Å². The molecule has 0 radical (unpaired) electrons. The maximum Gasteiger partial charge on any atom is 0.337 e. The van der Waals surface area contributed by atoms with Crippen LogP contribution in [0.1, 0.15) is 55.0 Å². The van der Waals surface area contributed by atoms with Gasteiger partial charge in [0.05, 0.1) is 12.1 Å². The number of aromatic nitrogens is 4. The summed E-state index contributed by atoms with van der Waals surface area (Å²) in [6.45, 7) is 12.0. The molecule has 3 aromatic heterocycles. The molecule has 7 nitrogen and oxygen atoms in total. The summed E-state index contributed by atoms with van der Waals surface area (Å²) < 4.78 is 8.21. The maximum atomic E-state index is 12.5. The van der Waals surface area contributed by atoms with E-state index >= 15 is 0 Å². The first-order valence-corrected chi connectivity index (χ1v) is 11.8. The van der Waals surface area contributed by atoms with Gasteiger partial charge in [0, 0.05) is 50.9 Å². The number of aliphatic carboxylic acids is 1. The Morgan fingerprint density at radius 1 is 1.11 bits per heavy atom. The average molecular weight is 493 g/mol. The van der Waals surface area contributed by atoms with Crippen LogP contribution in [-0.2, 0) is 16.1 Å². The quantitative estimate of drug-likeness (QED) is 0.351. The molecule has 182 valence electrons. The number of ether oxygens (including phenoxy) is 1. The van der Waals surface area contributed by atoms with Gasteiger partial charge in [-0.15, -0.1) is 0 Å². The maximum absolute atomic E-state index is 12.5. The molecule has 0 fully saturated rings. The van der Waals surface area contributed by atoms with E-state index in [4.69, 9.17) is 21.3 Å². The molecule has 35 heavy (non-hydrogen) atoms. The van der Waals surface area contributed by atoms with E-state index in [1.807, 2.05) is 65.8 Å². The van der Waals surface area contributed by atoms with Gasteiger partial charge in [-0.05, 0) is 64.8 Å². The van der Waals surface area contributed by atoms with Crippen molar-refractivity contribution in [1.82, 2.24) is 19.5 Å². The molecule has 0 aliphatic heterocycles. The molecule has 0 aliphatic carbocycles. The van der Waals surface area contributed by atoms with Crippen LogP contribution in [0.2, 0.25) is 5.02 Å². The number of carbonyl (C=O) groups is 1. The van der Waals surface area contributed by atoms with Crippen molar-refractivity contribution in [2.75, 3.05) is 0 Å². The van der Waals surface area contributed by atoms with Gasteiger partial charge < -0.3 is 14.4 Å². The van der Waals surface area contributed by atoms with Gasteiger partial charge in [0.25, 0.3) is 0 Å². The van der Waals surface area contributed by atoms with Gasteiger partial charge in [-0.1, -0.05) is 23.7 Å². The number of carboxylic acids is 1. The van der Waals surface area contributed by atoms with Crippen molar-refractivity contribution in [1.29, 1.82) is 0 Å². The number of nitrogens with zero attached hydrogens (tertiary/aromatic N) is 4. The molecule has 0 amide bonds. The van der Waals surface area contributed by atoms with Crippen LogP contribution in [0.5, 0.6) is 0 Å². The molecular formula is C27H29ClN4O3. The van der Waals surface area contributed by atoms with Gasteiger partial charge in [0.1, 0.15) is 12.0 Å². The Kier molecular flexibility index (Phi) is 6.66. The van der Waals surface area contributed by atoms with Crippen molar-refractivity contribution in [2.24, 2.45) is 0 Å². The minimum atomic E-state index is -1.19. The second-order valence-corrected chi connectivity index (χ2v) is 10.1. The fourth-order valence-corrected chi connectivity index (χ4v) is 4.53. The molecule has 0 aliphatic rings. The van der Waals surface area contributed by atoms with Crippen LogP contribution in [0.15, 0.2) is 43.0 Å². The van der Waals surface area contributed by atoms with Crippen LogP contribution in [0, 0.1) is 20.8 Å². The standard InChI is InChI=1S/C27H29ClN4O3/c1-15-17(3)32(13-18-11-29-14-30-12-18)25-21(15)23(19-7-9-20(28)10-8-19)22(16(2)31-25)24(26(33)34)35-27(4,5)6/h7-12,14,24H,13H2,1-6H3,(H,33,34)/t24-/m0/s1. The normalized spacial score (nSPS) is 12.8. The summed E-state index contributed by atoms with van der Waals surface area (Å²) in [6.07, 6.45) is 3.88. The van der Waals surface area contributed by atoms with Crippen molar-refractivity contribution in [3.63, 3.8) is 0 Å². The lowest BCUT2D eigenvalue weighted by Gasteiger charge is -2.28. The summed E-state index contributed by atoms with van der Waals surface area (Å²) in [7, 11) is 0. The van der Waals surface area contributed by atoms with E-state index < -0.39 is 17.7 Å². The molecular weight excluding hydrogens is 464 g/mol. The molecule has 3 heterocycles. The SMILES string of the molecule is Cc1nc2c(c(C)c(C)n2Cc2cncnc2)c(-c2ccc(Cl)cc2)c1[C@H](OC(C)(C)C)C(=O)O. The topological polar surface area (TPSA) is 90.1 Å². The van der Waals surface area contributed by atoms with E-state index in [0.717, 1.165) is 39.0 Å². The Balaban J connectivity index is 2.08. The second-order valence-electron chi connectivity index (χ2n) is 9.68. The predicted molar refractivity (Wildman–Crippen MR) is 137 cm³/mol. The highest BCUT2D eigenvalue weighted by Gasteiger charge is 2.33. The van der Waals surface area contributed by atoms with Crippen LogP contribution in [-0.4, -0.2) is 36.2 Å². The fraction of sp³-hybridized carbons (Fsp3) is 0.333. The first-order valence-electron chi connectivity index (χ1n) is 11.4. The van der Waals surface area contributed by atoms with Gasteiger partial charge in [-0.3, -0.25) is 0 Å². The molecule has 4 aromatic rings. The molecule has 1 atom stereocenters. The predicted octanol–water partition coefficient (Wildman–Crippen LogP) is 6.06. The first-order chi connectivity index (χ1) is 16.5. The number of carboxylic acid groups (broad SMARTS) is 1. The highest BCUT2D eigenvalue weighted by Crippen LogP contribution is 2.42. The van der Waals surface area contributed by atoms with Crippen LogP contribution in [0.4, 0.5) is 0 Å². The largest absolute Gasteiger partial charge is 0.479 e. The highest BCUT2D eigenvalue weighted by molar-refractivity contribution is 6.30. The Morgan fingerprint density at radius 2 is 1.74 bits per heavy atom. The first kappa shape index (κ1) is 24.8. The number of fused-ring (bicyclic) bond motifs is 1. The third-order valence-electron chi connectivity index (χ3n) is 6.03.